The molecule has 1 saturated carbocycles. The maximum atomic E-state index is 11.3. The fourth-order valence-electron chi connectivity index (χ4n) is 1.65. The lowest BCUT2D eigenvalue weighted by molar-refractivity contribution is 0.0293. The number of aliphatic hydroxyl groups is 1. The molecule has 88 valence electrons. The van der Waals surface area contributed by atoms with Crippen LogP contribution < -0.4 is 5.32 Å². The van der Waals surface area contributed by atoms with Gasteiger partial charge in [0.1, 0.15) is 5.60 Å². The van der Waals surface area contributed by atoms with Crippen LogP contribution in [0.2, 0.25) is 0 Å². The molecule has 0 heterocycles. The Morgan fingerprint density at radius 2 is 2.00 bits per heavy atom. The largest absolute Gasteiger partial charge is 0.444 e. The van der Waals surface area contributed by atoms with Crippen molar-refractivity contribution in [2.45, 2.75) is 58.3 Å². The van der Waals surface area contributed by atoms with Gasteiger partial charge < -0.3 is 15.2 Å². The van der Waals surface area contributed by atoms with Crippen molar-refractivity contribution < 1.29 is 14.6 Å². The van der Waals surface area contributed by atoms with E-state index in [2.05, 4.69) is 5.32 Å². The Morgan fingerprint density at radius 1 is 1.47 bits per heavy atom. The topological polar surface area (TPSA) is 58.6 Å². The summed E-state index contributed by atoms with van der Waals surface area (Å²) < 4.78 is 5.13. The SMILES string of the molecule is CC(O)C1CC(NC(=O)OC(C)(C)C)C1. The van der Waals surface area contributed by atoms with Crippen molar-refractivity contribution in [3.63, 3.8) is 0 Å². The number of ether oxygens (including phenoxy) is 1. The number of nitrogens with one attached hydrogen (secondary N) is 1. The number of carbonyl (C=O) groups is 1. The highest BCUT2D eigenvalue weighted by molar-refractivity contribution is 5.68. The molecular formula is C11H21NO3. The van der Waals surface area contributed by atoms with Crippen LogP contribution in [0, 0.1) is 5.92 Å². The summed E-state index contributed by atoms with van der Waals surface area (Å²) in [5.74, 6) is 0.324. The molecule has 0 aromatic heterocycles. The first-order valence-corrected chi connectivity index (χ1v) is 5.45. The van der Waals surface area contributed by atoms with Crippen molar-refractivity contribution in [1.29, 1.82) is 0 Å². The van der Waals surface area contributed by atoms with Gasteiger partial charge in [0.25, 0.3) is 0 Å². The van der Waals surface area contributed by atoms with E-state index in [1.165, 1.54) is 0 Å². The van der Waals surface area contributed by atoms with E-state index in [1.807, 2.05) is 20.8 Å². The number of hydrogen-bond acceptors (Lipinski definition) is 3. The summed E-state index contributed by atoms with van der Waals surface area (Å²) in [7, 11) is 0. The second-order valence-corrected chi connectivity index (χ2v) is 5.32. The van der Waals surface area contributed by atoms with Gasteiger partial charge in [-0.1, -0.05) is 0 Å². The summed E-state index contributed by atoms with van der Waals surface area (Å²) >= 11 is 0. The molecule has 0 bridgehead atoms. The van der Waals surface area contributed by atoms with Crippen molar-refractivity contribution in [2.75, 3.05) is 0 Å². The van der Waals surface area contributed by atoms with Crippen molar-refractivity contribution >= 4 is 6.09 Å². The molecule has 0 radical (unpaired) electrons. The monoisotopic (exact) mass is 215 g/mol. The van der Waals surface area contributed by atoms with Crippen LogP contribution >= 0.6 is 0 Å². The van der Waals surface area contributed by atoms with Gasteiger partial charge in [-0.2, -0.15) is 0 Å². The standard InChI is InChI=1S/C11H21NO3/c1-7(13)8-5-9(6-8)12-10(14)15-11(2,3)4/h7-9,13H,5-6H2,1-4H3,(H,12,14). The third-order valence-electron chi connectivity index (χ3n) is 2.58. The first-order valence-electron chi connectivity index (χ1n) is 5.45. The Labute approximate surface area is 91.0 Å². The van der Waals surface area contributed by atoms with Crippen LogP contribution in [0.15, 0.2) is 0 Å². The van der Waals surface area contributed by atoms with E-state index >= 15 is 0 Å². The van der Waals surface area contributed by atoms with Crippen LogP contribution in [0.5, 0.6) is 0 Å². The fraction of sp³-hybridized carbons (Fsp3) is 0.909. The van der Waals surface area contributed by atoms with E-state index in [4.69, 9.17) is 4.74 Å². The lowest BCUT2D eigenvalue weighted by Crippen LogP contribution is -2.48. The Morgan fingerprint density at radius 3 is 2.40 bits per heavy atom. The smallest absolute Gasteiger partial charge is 0.407 e. The first-order chi connectivity index (χ1) is 6.78. The highest BCUT2D eigenvalue weighted by Crippen LogP contribution is 2.30. The molecule has 0 aromatic carbocycles. The van der Waals surface area contributed by atoms with Gasteiger partial charge in [0.2, 0.25) is 0 Å². The minimum Gasteiger partial charge on any atom is -0.444 e. The van der Waals surface area contributed by atoms with Gasteiger partial charge >= 0.3 is 6.09 Å². The van der Waals surface area contributed by atoms with Crippen LogP contribution in [0.1, 0.15) is 40.5 Å². The molecule has 1 fully saturated rings. The van der Waals surface area contributed by atoms with Crippen molar-refractivity contribution in [1.82, 2.24) is 5.32 Å². The summed E-state index contributed by atoms with van der Waals surface area (Å²) in [6, 6.07) is 0.166. The highest BCUT2D eigenvalue weighted by Gasteiger charge is 2.34. The molecule has 0 aliphatic heterocycles. The number of alkyl carbamates (subject to hydrolysis) is 1. The van der Waals surface area contributed by atoms with Crippen LogP contribution in [-0.2, 0) is 4.74 Å². The van der Waals surface area contributed by atoms with E-state index in [9.17, 15) is 9.90 Å². The van der Waals surface area contributed by atoms with Gasteiger partial charge in [-0.25, -0.2) is 4.79 Å². The Kier molecular flexibility index (Phi) is 3.60. The van der Waals surface area contributed by atoms with Gasteiger partial charge in [0.15, 0.2) is 0 Å². The zero-order valence-electron chi connectivity index (χ0n) is 9.91. The minimum atomic E-state index is -0.447. The molecule has 1 aliphatic rings. The number of aliphatic hydroxyl groups excluding tert-OH is 1. The van der Waals surface area contributed by atoms with E-state index in [0.717, 1.165) is 12.8 Å². The summed E-state index contributed by atoms with van der Waals surface area (Å²) in [4.78, 5) is 11.3. The quantitative estimate of drug-likeness (QED) is 0.736. The lowest BCUT2D eigenvalue weighted by atomic mass is 9.77. The van der Waals surface area contributed by atoms with Crippen LogP contribution in [0.3, 0.4) is 0 Å². The lowest BCUT2D eigenvalue weighted by Gasteiger charge is -2.37. The minimum absolute atomic E-state index is 0.166. The van der Waals surface area contributed by atoms with Gasteiger partial charge in [-0.15, -0.1) is 0 Å². The molecule has 15 heavy (non-hydrogen) atoms. The van der Waals surface area contributed by atoms with E-state index in [-0.39, 0.29) is 18.2 Å². The number of amides is 1. The maximum Gasteiger partial charge on any atom is 0.407 e. The molecule has 0 saturated heterocycles. The van der Waals surface area contributed by atoms with E-state index in [0.29, 0.717) is 5.92 Å². The molecule has 1 atom stereocenters. The molecule has 0 aromatic rings. The zero-order chi connectivity index (χ0) is 11.6. The molecule has 1 aliphatic carbocycles. The second kappa shape index (κ2) is 4.39. The third-order valence-corrected chi connectivity index (χ3v) is 2.58. The number of rotatable bonds is 2. The van der Waals surface area contributed by atoms with Crippen molar-refractivity contribution in [3.05, 3.63) is 0 Å². The fourth-order valence-corrected chi connectivity index (χ4v) is 1.65. The Bertz CT molecular complexity index is 226. The number of carbonyl (C=O) groups excluding carboxylic acids is 1. The molecule has 4 nitrogen and oxygen atoms in total. The molecule has 0 spiro atoms. The van der Waals surface area contributed by atoms with Gasteiger partial charge in [-0.3, -0.25) is 0 Å². The van der Waals surface area contributed by atoms with E-state index in [1.54, 1.807) is 6.92 Å². The predicted octanol–water partition coefficient (Wildman–Crippen LogP) is 1.67. The summed E-state index contributed by atoms with van der Waals surface area (Å²) in [6.07, 6.45) is 1.05. The Balaban J connectivity index is 2.19. The number of hydrogen-bond donors (Lipinski definition) is 2. The molecular weight excluding hydrogens is 194 g/mol. The maximum absolute atomic E-state index is 11.3. The van der Waals surface area contributed by atoms with Crippen molar-refractivity contribution in [3.8, 4) is 0 Å². The van der Waals surface area contributed by atoms with E-state index < -0.39 is 5.60 Å². The highest BCUT2D eigenvalue weighted by atomic mass is 16.6. The second-order valence-electron chi connectivity index (χ2n) is 5.32. The van der Waals surface area contributed by atoms with Crippen LogP contribution in [-0.4, -0.2) is 28.9 Å². The van der Waals surface area contributed by atoms with Gasteiger partial charge in [0, 0.05) is 6.04 Å². The van der Waals surface area contributed by atoms with Crippen molar-refractivity contribution in [2.24, 2.45) is 5.92 Å². The zero-order valence-corrected chi connectivity index (χ0v) is 9.91. The van der Waals surface area contributed by atoms with Gasteiger partial charge in [-0.05, 0) is 46.5 Å². The molecule has 1 rings (SSSR count). The summed E-state index contributed by atoms with van der Waals surface area (Å²) in [5.41, 5.74) is -0.447. The molecule has 1 unspecified atom stereocenters. The third kappa shape index (κ3) is 4.08. The van der Waals surface area contributed by atoms with Crippen LogP contribution in [0.4, 0.5) is 4.79 Å². The average molecular weight is 215 g/mol. The summed E-state index contributed by atoms with van der Waals surface area (Å²) in [5, 5.41) is 12.1. The van der Waals surface area contributed by atoms with Gasteiger partial charge in [0.05, 0.1) is 6.10 Å². The first kappa shape index (κ1) is 12.3. The molecule has 2 N–H and O–H groups in total. The predicted molar refractivity (Wildman–Crippen MR) is 57.6 cm³/mol. The van der Waals surface area contributed by atoms with Crippen LogP contribution in [0.25, 0.3) is 0 Å². The normalized spacial score (nSPS) is 27.8. The molecule has 4 heteroatoms. The average Bonchev–Trinajstić information content (AvgIpc) is 1.91. The molecule has 1 amide bonds. The Hall–Kier alpha value is -0.770. The summed E-state index contributed by atoms with van der Waals surface area (Å²) in [6.45, 7) is 7.30.